The maximum absolute atomic E-state index is 13.5. The number of halogens is 2. The van der Waals surface area contributed by atoms with E-state index in [4.69, 9.17) is 23.2 Å². The third-order valence-corrected chi connectivity index (χ3v) is 6.77. The van der Waals surface area contributed by atoms with Gasteiger partial charge in [0.15, 0.2) is 0 Å². The van der Waals surface area contributed by atoms with Crippen LogP contribution in [0.3, 0.4) is 0 Å². The second-order valence-electron chi connectivity index (χ2n) is 8.46. The molecule has 0 saturated carbocycles. The molecule has 0 saturated heterocycles. The van der Waals surface area contributed by atoms with E-state index in [2.05, 4.69) is 5.32 Å². The summed E-state index contributed by atoms with van der Waals surface area (Å²) in [5.41, 5.74) is 1.08. The van der Waals surface area contributed by atoms with E-state index in [0.29, 0.717) is 28.7 Å². The molecule has 0 aliphatic carbocycles. The number of rotatable bonds is 11. The highest BCUT2D eigenvalue weighted by Crippen LogP contribution is 2.22. The first-order valence-corrected chi connectivity index (χ1v) is 13.6. The fourth-order valence-corrected chi connectivity index (χ4v) is 4.45. The van der Waals surface area contributed by atoms with Crippen LogP contribution in [0.1, 0.15) is 32.8 Å². The van der Waals surface area contributed by atoms with Gasteiger partial charge in [0.05, 0.1) is 11.9 Å². The smallest absolute Gasteiger partial charge is 0.244 e. The van der Waals surface area contributed by atoms with Crippen LogP contribution in [0.2, 0.25) is 10.0 Å². The Labute approximate surface area is 212 Å². The topological polar surface area (TPSA) is 86.8 Å². The van der Waals surface area contributed by atoms with Crippen LogP contribution < -0.4 is 9.62 Å². The fraction of sp³-hybridized carbons (Fsp3) is 0.417. The van der Waals surface area contributed by atoms with Crippen LogP contribution in [-0.2, 0) is 26.2 Å². The van der Waals surface area contributed by atoms with Crippen molar-refractivity contribution >= 4 is 50.7 Å². The Morgan fingerprint density at radius 3 is 1.97 bits per heavy atom. The molecule has 1 atom stereocenters. The summed E-state index contributed by atoms with van der Waals surface area (Å²) in [6, 6.07) is 12.4. The second kappa shape index (κ2) is 12.4. The van der Waals surface area contributed by atoms with Gasteiger partial charge in [-0.05, 0) is 54.3 Å². The van der Waals surface area contributed by atoms with Crippen molar-refractivity contribution in [2.75, 3.05) is 23.7 Å². The zero-order valence-electron chi connectivity index (χ0n) is 19.8. The molecule has 10 heteroatoms. The van der Waals surface area contributed by atoms with Crippen molar-refractivity contribution in [3.8, 4) is 0 Å². The lowest BCUT2D eigenvalue weighted by molar-refractivity contribution is -0.140. The lowest BCUT2D eigenvalue weighted by atomic mass is 10.1. The van der Waals surface area contributed by atoms with E-state index in [1.807, 2.05) is 20.8 Å². The molecule has 2 aromatic carbocycles. The van der Waals surface area contributed by atoms with E-state index >= 15 is 0 Å². The fourth-order valence-electron chi connectivity index (χ4n) is 3.35. The third kappa shape index (κ3) is 8.18. The van der Waals surface area contributed by atoms with Crippen LogP contribution >= 0.6 is 23.2 Å². The summed E-state index contributed by atoms with van der Waals surface area (Å²) in [4.78, 5) is 28.0. The summed E-state index contributed by atoms with van der Waals surface area (Å²) in [6.07, 6.45) is 1.40. The Kier molecular flexibility index (Phi) is 10.2. The molecule has 186 valence electrons. The SMILES string of the molecule is CCC(C(=O)NCC(C)C)N(Cc1ccc(Cl)cc1)C(=O)CN(c1ccc(Cl)cc1)S(C)(=O)=O. The van der Waals surface area contributed by atoms with E-state index in [9.17, 15) is 18.0 Å². The molecule has 0 heterocycles. The molecule has 1 unspecified atom stereocenters. The van der Waals surface area contributed by atoms with Crippen LogP contribution in [0.25, 0.3) is 0 Å². The van der Waals surface area contributed by atoms with Gasteiger partial charge in [-0.1, -0.05) is 56.1 Å². The molecule has 0 bridgehead atoms. The normalized spacial score (nSPS) is 12.3. The highest BCUT2D eigenvalue weighted by molar-refractivity contribution is 7.92. The standard InChI is InChI=1S/C24H31Cl2N3O4S/c1-5-22(24(31)27-14-17(2)3)28(15-18-6-8-19(25)9-7-18)23(30)16-29(34(4,32)33)21-12-10-20(26)11-13-21/h6-13,17,22H,5,14-16H2,1-4H3,(H,27,31). The van der Waals surface area contributed by atoms with Crippen LogP contribution in [0, 0.1) is 5.92 Å². The number of nitrogens with one attached hydrogen (secondary N) is 1. The third-order valence-electron chi connectivity index (χ3n) is 5.13. The van der Waals surface area contributed by atoms with Gasteiger partial charge in [0.2, 0.25) is 21.8 Å². The minimum Gasteiger partial charge on any atom is -0.354 e. The van der Waals surface area contributed by atoms with E-state index < -0.39 is 28.5 Å². The number of amides is 2. The van der Waals surface area contributed by atoms with Crippen molar-refractivity contribution in [1.82, 2.24) is 10.2 Å². The molecule has 34 heavy (non-hydrogen) atoms. The van der Waals surface area contributed by atoms with E-state index in [-0.39, 0.29) is 18.4 Å². The number of hydrogen-bond acceptors (Lipinski definition) is 4. The molecular formula is C24H31Cl2N3O4S. The van der Waals surface area contributed by atoms with Gasteiger partial charge in [0.25, 0.3) is 0 Å². The first kappa shape index (κ1) is 28.0. The van der Waals surface area contributed by atoms with E-state index in [1.165, 1.54) is 17.0 Å². The molecule has 7 nitrogen and oxygen atoms in total. The van der Waals surface area contributed by atoms with E-state index in [1.54, 1.807) is 36.4 Å². The van der Waals surface area contributed by atoms with E-state index in [0.717, 1.165) is 16.1 Å². The zero-order chi connectivity index (χ0) is 25.5. The van der Waals surface area contributed by atoms with Gasteiger partial charge in [-0.25, -0.2) is 8.42 Å². The number of sulfonamides is 1. The highest BCUT2D eigenvalue weighted by atomic mass is 35.5. The lowest BCUT2D eigenvalue weighted by Crippen LogP contribution is -2.52. The first-order chi connectivity index (χ1) is 15.9. The number of nitrogens with zero attached hydrogens (tertiary/aromatic N) is 2. The van der Waals surface area contributed by atoms with Gasteiger partial charge >= 0.3 is 0 Å². The molecule has 0 spiro atoms. The zero-order valence-corrected chi connectivity index (χ0v) is 22.1. The molecule has 2 rings (SSSR count). The predicted octanol–water partition coefficient (Wildman–Crippen LogP) is 4.34. The van der Waals surface area contributed by atoms with Crippen LogP contribution in [0.4, 0.5) is 5.69 Å². The number of benzene rings is 2. The molecule has 0 radical (unpaired) electrons. The maximum atomic E-state index is 13.5. The van der Waals surface area contributed by atoms with Gasteiger partial charge in [-0.2, -0.15) is 0 Å². The summed E-state index contributed by atoms with van der Waals surface area (Å²) >= 11 is 11.9. The summed E-state index contributed by atoms with van der Waals surface area (Å²) in [6.45, 7) is 5.92. The number of hydrogen-bond donors (Lipinski definition) is 1. The van der Waals surface area contributed by atoms with Gasteiger partial charge in [0.1, 0.15) is 12.6 Å². The van der Waals surface area contributed by atoms with Crippen molar-refractivity contribution in [3.05, 3.63) is 64.1 Å². The van der Waals surface area contributed by atoms with Crippen molar-refractivity contribution in [3.63, 3.8) is 0 Å². The maximum Gasteiger partial charge on any atom is 0.244 e. The van der Waals surface area contributed by atoms with Crippen LogP contribution in [0.15, 0.2) is 48.5 Å². The Hall–Kier alpha value is -2.29. The molecule has 0 aromatic heterocycles. The molecule has 0 aliphatic rings. The van der Waals surface area contributed by atoms with Crippen molar-refractivity contribution in [2.24, 2.45) is 5.92 Å². The average molecular weight is 529 g/mol. The first-order valence-electron chi connectivity index (χ1n) is 11.0. The Morgan fingerprint density at radius 2 is 1.50 bits per heavy atom. The van der Waals surface area contributed by atoms with Gasteiger partial charge in [0, 0.05) is 23.1 Å². The minimum absolute atomic E-state index is 0.127. The largest absolute Gasteiger partial charge is 0.354 e. The van der Waals surface area contributed by atoms with Gasteiger partial charge in [-0.15, -0.1) is 0 Å². The van der Waals surface area contributed by atoms with Gasteiger partial charge in [-0.3, -0.25) is 13.9 Å². The second-order valence-corrected chi connectivity index (χ2v) is 11.2. The monoisotopic (exact) mass is 527 g/mol. The van der Waals surface area contributed by atoms with Gasteiger partial charge < -0.3 is 10.2 Å². The quantitative estimate of drug-likeness (QED) is 0.470. The molecule has 0 aliphatic heterocycles. The summed E-state index contributed by atoms with van der Waals surface area (Å²) in [7, 11) is -3.79. The molecule has 2 amide bonds. The summed E-state index contributed by atoms with van der Waals surface area (Å²) < 4.78 is 26.1. The average Bonchev–Trinajstić information content (AvgIpc) is 2.77. The Bertz CT molecular complexity index is 1070. The summed E-state index contributed by atoms with van der Waals surface area (Å²) in [5, 5.41) is 3.88. The molecule has 1 N–H and O–H groups in total. The number of carbonyl (C=O) groups is 2. The van der Waals surface area contributed by atoms with Crippen molar-refractivity contribution < 1.29 is 18.0 Å². The number of carbonyl (C=O) groups excluding carboxylic acids is 2. The summed E-state index contributed by atoms with van der Waals surface area (Å²) in [5.74, 6) is -0.537. The highest BCUT2D eigenvalue weighted by Gasteiger charge is 2.31. The lowest BCUT2D eigenvalue weighted by Gasteiger charge is -2.33. The Morgan fingerprint density at radius 1 is 0.971 bits per heavy atom. The molecular weight excluding hydrogens is 497 g/mol. The Balaban J connectivity index is 2.39. The van der Waals surface area contributed by atoms with Crippen LogP contribution in [-0.4, -0.2) is 50.5 Å². The van der Waals surface area contributed by atoms with Crippen molar-refractivity contribution in [1.29, 1.82) is 0 Å². The molecule has 2 aromatic rings. The minimum atomic E-state index is -3.79. The number of anilines is 1. The molecule has 0 fully saturated rings. The van der Waals surface area contributed by atoms with Crippen molar-refractivity contribution in [2.45, 2.75) is 39.8 Å². The predicted molar refractivity (Wildman–Crippen MR) is 138 cm³/mol. The van der Waals surface area contributed by atoms with Crippen LogP contribution in [0.5, 0.6) is 0 Å².